The highest BCUT2D eigenvalue weighted by atomic mass is 16.2. The Labute approximate surface area is 134 Å². The molecule has 22 heavy (non-hydrogen) atoms. The van der Waals surface area contributed by atoms with E-state index in [4.69, 9.17) is 0 Å². The first kappa shape index (κ1) is 15.6. The predicted molar refractivity (Wildman–Crippen MR) is 91.0 cm³/mol. The molecule has 120 valence electrons. The maximum atomic E-state index is 12.9. The molecular weight excluding hydrogens is 270 g/mol. The van der Waals surface area contributed by atoms with Crippen LogP contribution in [0, 0.1) is 18.8 Å². The summed E-state index contributed by atoms with van der Waals surface area (Å²) in [6.45, 7) is 5.40. The second kappa shape index (κ2) is 6.85. The predicted octanol–water partition coefficient (Wildman–Crippen LogP) is 4.82. The quantitative estimate of drug-likeness (QED) is 0.717. The molecule has 2 fully saturated rings. The Morgan fingerprint density at radius 3 is 2.55 bits per heavy atom. The van der Waals surface area contributed by atoms with E-state index in [0.29, 0.717) is 6.04 Å². The summed E-state index contributed by atoms with van der Waals surface area (Å²) in [5.41, 5.74) is 2.08. The van der Waals surface area contributed by atoms with Gasteiger partial charge in [0, 0.05) is 18.2 Å². The summed E-state index contributed by atoms with van der Waals surface area (Å²) < 4.78 is 0. The maximum Gasteiger partial charge on any atom is 0.254 e. The highest BCUT2D eigenvalue weighted by Crippen LogP contribution is 2.36. The van der Waals surface area contributed by atoms with Gasteiger partial charge < -0.3 is 4.90 Å². The minimum atomic E-state index is 0.249. The number of rotatable bonds is 2. The summed E-state index contributed by atoms with van der Waals surface area (Å²) in [5, 5.41) is 0. The van der Waals surface area contributed by atoms with Gasteiger partial charge in [0.1, 0.15) is 0 Å². The number of aryl methyl sites for hydroxylation is 1. The van der Waals surface area contributed by atoms with Gasteiger partial charge in [-0.2, -0.15) is 0 Å². The van der Waals surface area contributed by atoms with Crippen LogP contribution in [0.2, 0.25) is 0 Å². The topological polar surface area (TPSA) is 20.3 Å². The van der Waals surface area contributed by atoms with Crippen molar-refractivity contribution >= 4 is 5.91 Å². The standard InChI is InChI=1S/C20H29NO/c1-15-9-11-17(12-10-15)20(22)21-13-5-8-19(21)18-7-4-3-6-16(2)14-18/h9-12,16,18-19H,3-8,13-14H2,1-2H3. The van der Waals surface area contributed by atoms with Crippen LogP contribution < -0.4 is 0 Å². The molecule has 1 aromatic carbocycles. The van der Waals surface area contributed by atoms with Gasteiger partial charge >= 0.3 is 0 Å². The molecule has 0 radical (unpaired) electrons. The van der Waals surface area contributed by atoms with Gasteiger partial charge in [-0.25, -0.2) is 0 Å². The lowest BCUT2D eigenvalue weighted by atomic mass is 9.87. The first-order chi connectivity index (χ1) is 10.6. The third-order valence-corrected chi connectivity index (χ3v) is 5.63. The van der Waals surface area contributed by atoms with Crippen molar-refractivity contribution in [2.24, 2.45) is 11.8 Å². The molecule has 1 aliphatic heterocycles. The zero-order valence-electron chi connectivity index (χ0n) is 14.1. The molecular formula is C20H29NO. The number of likely N-dealkylation sites (tertiary alicyclic amines) is 1. The molecule has 2 heteroatoms. The zero-order valence-corrected chi connectivity index (χ0v) is 14.1. The van der Waals surface area contributed by atoms with Crippen LogP contribution >= 0.6 is 0 Å². The molecule has 0 aromatic heterocycles. The van der Waals surface area contributed by atoms with Gasteiger partial charge in [0.15, 0.2) is 0 Å². The average Bonchev–Trinajstić information content (AvgIpc) is 2.90. The normalized spacial score (nSPS) is 29.4. The Kier molecular flexibility index (Phi) is 4.85. The van der Waals surface area contributed by atoms with Gasteiger partial charge in [-0.15, -0.1) is 0 Å². The number of amides is 1. The summed E-state index contributed by atoms with van der Waals surface area (Å²) >= 11 is 0. The highest BCUT2D eigenvalue weighted by Gasteiger charge is 2.36. The third-order valence-electron chi connectivity index (χ3n) is 5.63. The number of carbonyl (C=O) groups excluding carboxylic acids is 1. The van der Waals surface area contributed by atoms with Gasteiger partial charge in [0.25, 0.3) is 5.91 Å². The Bertz CT molecular complexity index is 507. The number of benzene rings is 1. The van der Waals surface area contributed by atoms with Gasteiger partial charge in [0.05, 0.1) is 0 Å². The van der Waals surface area contributed by atoms with Gasteiger partial charge in [-0.1, -0.05) is 43.9 Å². The molecule has 2 nitrogen and oxygen atoms in total. The fraction of sp³-hybridized carbons (Fsp3) is 0.650. The highest BCUT2D eigenvalue weighted by molar-refractivity contribution is 5.94. The first-order valence-corrected chi connectivity index (χ1v) is 9.03. The molecule has 1 aliphatic carbocycles. The molecule has 0 bridgehead atoms. The Hall–Kier alpha value is -1.31. The van der Waals surface area contributed by atoms with E-state index in [9.17, 15) is 4.79 Å². The molecule has 1 saturated carbocycles. The van der Waals surface area contributed by atoms with Crippen LogP contribution in [0.15, 0.2) is 24.3 Å². The van der Waals surface area contributed by atoms with Crippen molar-refractivity contribution in [1.82, 2.24) is 4.90 Å². The molecule has 0 N–H and O–H groups in total. The molecule has 3 rings (SSSR count). The lowest BCUT2D eigenvalue weighted by Gasteiger charge is -2.32. The fourth-order valence-electron chi connectivity index (χ4n) is 4.40. The largest absolute Gasteiger partial charge is 0.335 e. The lowest BCUT2D eigenvalue weighted by Crippen LogP contribution is -2.40. The van der Waals surface area contributed by atoms with Crippen LogP contribution in [-0.4, -0.2) is 23.4 Å². The molecule has 2 aliphatic rings. The van der Waals surface area contributed by atoms with Crippen molar-refractivity contribution in [2.75, 3.05) is 6.54 Å². The van der Waals surface area contributed by atoms with E-state index >= 15 is 0 Å². The maximum absolute atomic E-state index is 12.9. The van der Waals surface area contributed by atoms with E-state index in [0.717, 1.165) is 23.9 Å². The molecule has 1 saturated heterocycles. The van der Waals surface area contributed by atoms with Crippen LogP contribution in [0.1, 0.15) is 67.8 Å². The van der Waals surface area contributed by atoms with Crippen molar-refractivity contribution in [1.29, 1.82) is 0 Å². The van der Waals surface area contributed by atoms with Crippen molar-refractivity contribution in [3.05, 3.63) is 35.4 Å². The van der Waals surface area contributed by atoms with Gasteiger partial charge in [0.2, 0.25) is 0 Å². The van der Waals surface area contributed by atoms with E-state index in [1.807, 2.05) is 24.3 Å². The van der Waals surface area contributed by atoms with Crippen molar-refractivity contribution < 1.29 is 4.79 Å². The second-order valence-electron chi connectivity index (χ2n) is 7.46. The molecule has 1 amide bonds. The Balaban J connectivity index is 1.74. The van der Waals surface area contributed by atoms with Crippen LogP contribution in [0.25, 0.3) is 0 Å². The Morgan fingerprint density at radius 1 is 1.05 bits per heavy atom. The van der Waals surface area contributed by atoms with Crippen LogP contribution in [0.3, 0.4) is 0 Å². The molecule has 3 atom stereocenters. The van der Waals surface area contributed by atoms with Gasteiger partial charge in [-0.3, -0.25) is 4.79 Å². The minimum Gasteiger partial charge on any atom is -0.335 e. The third kappa shape index (κ3) is 3.37. The van der Waals surface area contributed by atoms with Gasteiger partial charge in [-0.05, 0) is 56.6 Å². The SMILES string of the molecule is Cc1ccc(C(=O)N2CCCC2C2CCCCC(C)C2)cc1. The Morgan fingerprint density at radius 2 is 1.77 bits per heavy atom. The number of hydrogen-bond acceptors (Lipinski definition) is 1. The molecule has 1 heterocycles. The average molecular weight is 299 g/mol. The number of hydrogen-bond donors (Lipinski definition) is 0. The summed E-state index contributed by atoms with van der Waals surface area (Å²) in [6, 6.07) is 8.55. The summed E-state index contributed by atoms with van der Waals surface area (Å²) in [4.78, 5) is 15.1. The van der Waals surface area contributed by atoms with E-state index in [1.54, 1.807) is 0 Å². The smallest absolute Gasteiger partial charge is 0.254 e. The number of carbonyl (C=O) groups is 1. The van der Waals surface area contributed by atoms with Crippen molar-refractivity contribution in [2.45, 2.75) is 64.8 Å². The molecule has 3 unspecified atom stereocenters. The van der Waals surface area contributed by atoms with Crippen LogP contribution in [0.4, 0.5) is 0 Å². The fourth-order valence-corrected chi connectivity index (χ4v) is 4.40. The lowest BCUT2D eigenvalue weighted by molar-refractivity contribution is 0.0670. The van der Waals surface area contributed by atoms with Crippen LogP contribution in [-0.2, 0) is 0 Å². The van der Waals surface area contributed by atoms with E-state index in [2.05, 4.69) is 18.7 Å². The summed E-state index contributed by atoms with van der Waals surface area (Å²) in [6.07, 6.45) is 9.08. The minimum absolute atomic E-state index is 0.249. The van der Waals surface area contributed by atoms with E-state index < -0.39 is 0 Å². The monoisotopic (exact) mass is 299 g/mol. The zero-order chi connectivity index (χ0) is 15.5. The molecule has 1 aromatic rings. The number of nitrogens with zero attached hydrogens (tertiary/aromatic N) is 1. The van der Waals surface area contributed by atoms with Crippen molar-refractivity contribution in [3.8, 4) is 0 Å². The van der Waals surface area contributed by atoms with Crippen molar-refractivity contribution in [3.63, 3.8) is 0 Å². The first-order valence-electron chi connectivity index (χ1n) is 9.03. The second-order valence-corrected chi connectivity index (χ2v) is 7.46. The van der Waals surface area contributed by atoms with Crippen LogP contribution in [0.5, 0.6) is 0 Å². The summed E-state index contributed by atoms with van der Waals surface area (Å²) in [7, 11) is 0. The van der Waals surface area contributed by atoms with E-state index in [-0.39, 0.29) is 5.91 Å². The summed E-state index contributed by atoms with van der Waals surface area (Å²) in [5.74, 6) is 1.79. The van der Waals surface area contributed by atoms with E-state index in [1.165, 1.54) is 50.5 Å². The molecule has 0 spiro atoms.